The molecule has 1 N–H and O–H groups in total. The van der Waals surface area contributed by atoms with Crippen LogP contribution in [0, 0.1) is 13.8 Å². The van der Waals surface area contributed by atoms with E-state index in [0.717, 1.165) is 23.1 Å². The topological polar surface area (TPSA) is 115 Å². The Kier molecular flexibility index (Phi) is 6.39. The number of hydrogen-bond acceptors (Lipinski definition) is 8. The summed E-state index contributed by atoms with van der Waals surface area (Å²) in [5, 5.41) is 3.08. The van der Waals surface area contributed by atoms with E-state index in [1.807, 2.05) is 19.9 Å². The molecule has 0 saturated carbocycles. The van der Waals surface area contributed by atoms with E-state index in [-0.39, 0.29) is 17.3 Å². The number of aryl methyl sites for hydroxylation is 2. The van der Waals surface area contributed by atoms with Crippen LogP contribution in [-0.4, -0.2) is 59.7 Å². The summed E-state index contributed by atoms with van der Waals surface area (Å²) in [7, 11) is -3.08. The molecule has 1 aliphatic heterocycles. The molecular weight excluding hydrogens is 366 g/mol. The highest BCUT2D eigenvalue weighted by Crippen LogP contribution is 2.15. The Morgan fingerprint density at radius 2 is 2.00 bits per heavy atom. The minimum Gasteiger partial charge on any atom is -0.452 e. The van der Waals surface area contributed by atoms with Crippen LogP contribution in [0.15, 0.2) is 11.2 Å². The molecule has 0 bridgehead atoms. The normalized spacial score (nSPS) is 20.0. The number of nitrogens with zero attached hydrogens (tertiary/aromatic N) is 2. The van der Waals surface area contributed by atoms with Gasteiger partial charge >= 0.3 is 5.97 Å². The number of carbonyl (C=O) groups excluding carboxylic acids is 2. The Morgan fingerprint density at radius 3 is 2.56 bits per heavy atom. The molecule has 0 aliphatic carbocycles. The Labute approximate surface area is 151 Å². The van der Waals surface area contributed by atoms with Gasteiger partial charge in [-0.3, -0.25) is 9.59 Å². The largest absolute Gasteiger partial charge is 0.452 e. The lowest BCUT2D eigenvalue weighted by Gasteiger charge is -2.16. The first kappa shape index (κ1) is 19.6. The summed E-state index contributed by atoms with van der Waals surface area (Å²) in [5.74, 6) is -1.08. The molecule has 1 aromatic heterocycles. The maximum atomic E-state index is 12.0. The van der Waals surface area contributed by atoms with E-state index in [4.69, 9.17) is 4.74 Å². The molecule has 138 valence electrons. The summed E-state index contributed by atoms with van der Waals surface area (Å²) >= 11 is 1.14. The van der Waals surface area contributed by atoms with E-state index in [9.17, 15) is 18.0 Å². The lowest BCUT2D eigenvalue weighted by Crippen LogP contribution is -2.42. The van der Waals surface area contributed by atoms with Gasteiger partial charge in [-0.25, -0.2) is 18.4 Å². The van der Waals surface area contributed by atoms with Gasteiger partial charge in [0, 0.05) is 17.4 Å². The molecular formula is C15H21N3O5S2. The van der Waals surface area contributed by atoms with Crippen LogP contribution in [0.2, 0.25) is 0 Å². The van der Waals surface area contributed by atoms with E-state index in [0.29, 0.717) is 11.6 Å². The summed E-state index contributed by atoms with van der Waals surface area (Å²) in [6.45, 7) is 5.13. The zero-order valence-electron chi connectivity index (χ0n) is 14.3. The van der Waals surface area contributed by atoms with Crippen molar-refractivity contribution < 1.29 is 22.7 Å². The van der Waals surface area contributed by atoms with Gasteiger partial charge in [0.15, 0.2) is 21.1 Å². The highest BCUT2D eigenvalue weighted by Gasteiger charge is 2.30. The molecule has 1 saturated heterocycles. The second kappa shape index (κ2) is 8.13. The van der Waals surface area contributed by atoms with Gasteiger partial charge in [0.05, 0.1) is 17.3 Å². The average molecular weight is 387 g/mol. The first-order valence-corrected chi connectivity index (χ1v) is 10.6. The number of ether oxygens (including phenoxy) is 1. The second-order valence-corrected chi connectivity index (χ2v) is 9.13. The molecule has 0 unspecified atom stereocenters. The minimum absolute atomic E-state index is 0.0156. The number of hydrogen-bond donors (Lipinski definition) is 1. The molecule has 0 aromatic carbocycles. The highest BCUT2D eigenvalue weighted by molar-refractivity contribution is 7.99. The molecule has 2 heterocycles. The molecule has 0 spiro atoms. The molecule has 10 heteroatoms. The molecule has 1 fully saturated rings. The third-order valence-corrected chi connectivity index (χ3v) is 6.13. The monoisotopic (exact) mass is 387 g/mol. The lowest BCUT2D eigenvalue weighted by atomic mass is 10.2. The maximum Gasteiger partial charge on any atom is 0.317 e. The van der Waals surface area contributed by atoms with Gasteiger partial charge in [0.25, 0.3) is 5.91 Å². The number of nitrogens with one attached hydrogen (secondary N) is 1. The van der Waals surface area contributed by atoms with Crippen molar-refractivity contribution in [1.29, 1.82) is 0 Å². The van der Waals surface area contributed by atoms with E-state index in [2.05, 4.69) is 15.3 Å². The Balaban J connectivity index is 1.78. The van der Waals surface area contributed by atoms with E-state index < -0.39 is 33.9 Å². The second-order valence-electron chi connectivity index (χ2n) is 5.96. The van der Waals surface area contributed by atoms with Crippen molar-refractivity contribution in [3.05, 3.63) is 17.5 Å². The first-order chi connectivity index (χ1) is 11.6. The summed E-state index contributed by atoms with van der Waals surface area (Å²) in [6.07, 6.45) is -0.606. The fourth-order valence-corrected chi connectivity index (χ4v) is 4.80. The van der Waals surface area contributed by atoms with Gasteiger partial charge in [0.2, 0.25) is 0 Å². The third kappa shape index (κ3) is 6.28. The number of aromatic nitrogens is 2. The smallest absolute Gasteiger partial charge is 0.317 e. The summed E-state index contributed by atoms with van der Waals surface area (Å²) in [5.41, 5.74) is 1.62. The number of thioether (sulfide) groups is 1. The molecule has 1 amide bonds. The highest BCUT2D eigenvalue weighted by atomic mass is 32.2. The quantitative estimate of drug-likeness (QED) is 0.424. The Morgan fingerprint density at radius 1 is 1.36 bits per heavy atom. The van der Waals surface area contributed by atoms with Crippen molar-refractivity contribution in [3.63, 3.8) is 0 Å². The number of sulfone groups is 1. The van der Waals surface area contributed by atoms with Gasteiger partial charge in [-0.05, 0) is 33.3 Å². The van der Waals surface area contributed by atoms with Crippen molar-refractivity contribution in [3.8, 4) is 0 Å². The minimum atomic E-state index is -3.08. The van der Waals surface area contributed by atoms with Gasteiger partial charge in [-0.2, -0.15) is 0 Å². The van der Waals surface area contributed by atoms with Gasteiger partial charge in [-0.1, -0.05) is 11.8 Å². The number of rotatable bonds is 6. The van der Waals surface area contributed by atoms with Crippen LogP contribution in [0.1, 0.15) is 24.7 Å². The summed E-state index contributed by atoms with van der Waals surface area (Å²) in [4.78, 5) is 32.3. The van der Waals surface area contributed by atoms with Crippen LogP contribution in [0.5, 0.6) is 0 Å². The zero-order chi connectivity index (χ0) is 18.6. The maximum absolute atomic E-state index is 12.0. The first-order valence-electron chi connectivity index (χ1n) is 7.80. The zero-order valence-corrected chi connectivity index (χ0v) is 15.9. The van der Waals surface area contributed by atoms with Crippen LogP contribution in [0.4, 0.5) is 0 Å². The summed E-state index contributed by atoms with van der Waals surface area (Å²) in [6, 6.07) is 1.41. The van der Waals surface area contributed by atoms with Crippen molar-refractivity contribution >= 4 is 33.5 Å². The number of amides is 1. The average Bonchev–Trinajstić information content (AvgIpc) is 2.83. The predicted molar refractivity (Wildman–Crippen MR) is 93.0 cm³/mol. The van der Waals surface area contributed by atoms with Crippen LogP contribution in [0.25, 0.3) is 0 Å². The number of carbonyl (C=O) groups is 2. The molecule has 0 radical (unpaired) electrons. The lowest BCUT2D eigenvalue weighted by molar-refractivity contribution is -0.152. The van der Waals surface area contributed by atoms with Crippen LogP contribution < -0.4 is 5.32 Å². The third-order valence-electron chi connectivity index (χ3n) is 3.54. The molecule has 2 atom stereocenters. The molecule has 2 rings (SSSR count). The number of esters is 1. The van der Waals surface area contributed by atoms with E-state index in [1.165, 1.54) is 6.92 Å². The molecule has 8 nitrogen and oxygen atoms in total. The van der Waals surface area contributed by atoms with E-state index >= 15 is 0 Å². The predicted octanol–water partition coefficient (Wildman–Crippen LogP) is 0.421. The molecule has 1 aromatic rings. The van der Waals surface area contributed by atoms with Crippen molar-refractivity contribution in [2.45, 2.75) is 44.5 Å². The fraction of sp³-hybridized carbons (Fsp3) is 0.600. The van der Waals surface area contributed by atoms with Crippen molar-refractivity contribution in [1.82, 2.24) is 15.3 Å². The SMILES string of the molecule is Cc1cc(C)nc(SCC(=O)O[C@H](C)C(=O)N[C@H]2CCS(=O)(=O)C2)n1. The van der Waals surface area contributed by atoms with Gasteiger partial charge in [-0.15, -0.1) is 0 Å². The Bertz CT molecular complexity index is 746. The van der Waals surface area contributed by atoms with Gasteiger partial charge in [0.1, 0.15) is 0 Å². The van der Waals surface area contributed by atoms with Crippen molar-refractivity contribution in [2.75, 3.05) is 17.3 Å². The standard InChI is InChI=1S/C15H21N3O5S2/c1-9-6-10(2)17-15(16-9)24-7-13(19)23-11(3)14(20)18-12-4-5-25(21,22)8-12/h6,11-12H,4-5,7-8H2,1-3H3,(H,18,20)/t11-,12+/m1/s1. The Hall–Kier alpha value is -1.68. The fourth-order valence-electron chi connectivity index (χ4n) is 2.39. The van der Waals surface area contributed by atoms with Crippen LogP contribution >= 0.6 is 11.8 Å². The summed E-state index contributed by atoms with van der Waals surface area (Å²) < 4.78 is 27.9. The molecule has 1 aliphatic rings. The van der Waals surface area contributed by atoms with Crippen LogP contribution in [0.3, 0.4) is 0 Å². The van der Waals surface area contributed by atoms with E-state index in [1.54, 1.807) is 0 Å². The molecule has 25 heavy (non-hydrogen) atoms. The van der Waals surface area contributed by atoms with Crippen molar-refractivity contribution in [2.24, 2.45) is 0 Å². The van der Waals surface area contributed by atoms with Crippen LogP contribution in [-0.2, 0) is 24.2 Å². The van der Waals surface area contributed by atoms with Gasteiger partial charge < -0.3 is 10.1 Å².